The first-order valence-corrected chi connectivity index (χ1v) is 6.75. The van der Waals surface area contributed by atoms with Crippen LogP contribution < -0.4 is 5.73 Å². The summed E-state index contributed by atoms with van der Waals surface area (Å²) in [6, 6.07) is 7.16. The molecule has 0 aromatic carbocycles. The highest BCUT2D eigenvalue weighted by Gasteiger charge is 2.25. The molecule has 0 amide bonds. The highest BCUT2D eigenvalue weighted by molar-refractivity contribution is 5.04. The smallest absolute Gasteiger partial charge is 0.0544 e. The van der Waals surface area contributed by atoms with E-state index in [4.69, 9.17) is 5.73 Å². The van der Waals surface area contributed by atoms with E-state index < -0.39 is 0 Å². The molecule has 2 atom stereocenters. The van der Waals surface area contributed by atoms with Gasteiger partial charge in [-0.05, 0) is 39.1 Å². The lowest BCUT2D eigenvalue weighted by atomic mass is 10.2. The van der Waals surface area contributed by atoms with E-state index in [-0.39, 0.29) is 0 Å². The Morgan fingerprint density at radius 3 is 2.94 bits per heavy atom. The Hall–Kier alpha value is -0.970. The Kier molecular flexibility index (Phi) is 4.69. The van der Waals surface area contributed by atoms with Crippen LogP contribution in [0.4, 0.5) is 0 Å². The number of nitrogens with zero attached hydrogens (tertiary/aromatic N) is 3. The predicted molar refractivity (Wildman–Crippen MR) is 74.2 cm³/mol. The monoisotopic (exact) mass is 248 g/mol. The fourth-order valence-electron chi connectivity index (χ4n) is 2.52. The molecule has 0 aliphatic carbocycles. The third-order valence-electron chi connectivity index (χ3n) is 3.95. The summed E-state index contributed by atoms with van der Waals surface area (Å²) in [5.74, 6) is 0. The predicted octanol–water partition coefficient (Wildman–Crippen LogP) is 0.935. The summed E-state index contributed by atoms with van der Waals surface area (Å²) in [7, 11) is 2.18. The van der Waals surface area contributed by atoms with Crippen molar-refractivity contribution in [3.05, 3.63) is 30.1 Å². The normalized spacial score (nSPS) is 27.1. The molecule has 4 nitrogen and oxygen atoms in total. The SMILES string of the molecule is CC1CCN(C)C(CN)CN1Cc1ccccn1. The summed E-state index contributed by atoms with van der Waals surface area (Å²) in [6.45, 7) is 6.11. The first-order chi connectivity index (χ1) is 8.70. The summed E-state index contributed by atoms with van der Waals surface area (Å²) in [5.41, 5.74) is 7.02. The van der Waals surface area contributed by atoms with E-state index in [1.807, 2.05) is 12.3 Å². The second-order valence-corrected chi connectivity index (χ2v) is 5.26. The second-order valence-electron chi connectivity index (χ2n) is 5.26. The van der Waals surface area contributed by atoms with E-state index >= 15 is 0 Å². The molecule has 0 saturated carbocycles. The molecule has 1 fully saturated rings. The molecule has 2 unspecified atom stereocenters. The van der Waals surface area contributed by atoms with Gasteiger partial charge in [0.05, 0.1) is 5.69 Å². The van der Waals surface area contributed by atoms with Crippen molar-refractivity contribution in [3.8, 4) is 0 Å². The van der Waals surface area contributed by atoms with E-state index in [0.717, 1.165) is 31.9 Å². The second kappa shape index (κ2) is 6.27. The van der Waals surface area contributed by atoms with Crippen molar-refractivity contribution in [2.75, 3.05) is 26.7 Å². The van der Waals surface area contributed by atoms with E-state index in [2.05, 4.69) is 40.9 Å². The number of rotatable bonds is 3. The van der Waals surface area contributed by atoms with Crippen LogP contribution in [-0.2, 0) is 6.54 Å². The van der Waals surface area contributed by atoms with Gasteiger partial charge < -0.3 is 10.6 Å². The van der Waals surface area contributed by atoms with Crippen LogP contribution in [0.25, 0.3) is 0 Å². The zero-order chi connectivity index (χ0) is 13.0. The lowest BCUT2D eigenvalue weighted by molar-refractivity contribution is 0.175. The molecule has 1 aromatic rings. The lowest BCUT2D eigenvalue weighted by Gasteiger charge is -2.30. The van der Waals surface area contributed by atoms with Crippen molar-refractivity contribution in [2.24, 2.45) is 5.73 Å². The summed E-state index contributed by atoms with van der Waals surface area (Å²) in [6.07, 6.45) is 3.06. The Balaban J connectivity index is 2.05. The molecule has 2 heterocycles. The number of hydrogen-bond donors (Lipinski definition) is 1. The van der Waals surface area contributed by atoms with Crippen molar-refractivity contribution in [1.29, 1.82) is 0 Å². The lowest BCUT2D eigenvalue weighted by Crippen LogP contribution is -2.44. The fraction of sp³-hybridized carbons (Fsp3) is 0.643. The van der Waals surface area contributed by atoms with Crippen LogP contribution in [0.15, 0.2) is 24.4 Å². The summed E-state index contributed by atoms with van der Waals surface area (Å²) < 4.78 is 0. The number of hydrogen-bond acceptors (Lipinski definition) is 4. The van der Waals surface area contributed by atoms with Gasteiger partial charge in [0.25, 0.3) is 0 Å². The van der Waals surface area contributed by atoms with E-state index in [9.17, 15) is 0 Å². The minimum absolute atomic E-state index is 0.457. The zero-order valence-corrected chi connectivity index (χ0v) is 11.4. The molecule has 0 bridgehead atoms. The Morgan fingerprint density at radius 1 is 1.44 bits per heavy atom. The van der Waals surface area contributed by atoms with Crippen LogP contribution >= 0.6 is 0 Å². The molecule has 0 radical (unpaired) electrons. The standard InChI is InChI=1S/C14H24N4/c1-12-6-8-17(2)14(9-15)11-18(12)10-13-5-3-4-7-16-13/h3-5,7,12,14H,6,8-11,15H2,1-2H3. The van der Waals surface area contributed by atoms with E-state index in [1.54, 1.807) is 0 Å². The summed E-state index contributed by atoms with van der Waals surface area (Å²) >= 11 is 0. The Morgan fingerprint density at radius 2 is 2.28 bits per heavy atom. The molecule has 1 saturated heterocycles. The Bertz CT molecular complexity index is 354. The van der Waals surface area contributed by atoms with Crippen molar-refractivity contribution < 1.29 is 0 Å². The molecule has 1 aliphatic rings. The molecule has 0 spiro atoms. The molecule has 2 N–H and O–H groups in total. The van der Waals surface area contributed by atoms with Gasteiger partial charge >= 0.3 is 0 Å². The fourth-order valence-corrected chi connectivity index (χ4v) is 2.52. The van der Waals surface area contributed by atoms with Gasteiger partial charge in [-0.15, -0.1) is 0 Å². The van der Waals surface area contributed by atoms with Gasteiger partial charge in [0.1, 0.15) is 0 Å². The van der Waals surface area contributed by atoms with Gasteiger partial charge in [0, 0.05) is 37.9 Å². The molecule has 100 valence electrons. The van der Waals surface area contributed by atoms with Crippen molar-refractivity contribution in [3.63, 3.8) is 0 Å². The molecule has 18 heavy (non-hydrogen) atoms. The van der Waals surface area contributed by atoms with Crippen LogP contribution in [0.5, 0.6) is 0 Å². The number of pyridine rings is 1. The highest BCUT2D eigenvalue weighted by Crippen LogP contribution is 2.16. The number of nitrogens with two attached hydrogens (primary N) is 1. The maximum atomic E-state index is 5.88. The van der Waals surface area contributed by atoms with Crippen molar-refractivity contribution in [2.45, 2.75) is 32.0 Å². The first-order valence-electron chi connectivity index (χ1n) is 6.75. The molecular weight excluding hydrogens is 224 g/mol. The third kappa shape index (κ3) is 3.28. The molecule has 1 aliphatic heterocycles. The van der Waals surface area contributed by atoms with Gasteiger partial charge in [-0.25, -0.2) is 0 Å². The quantitative estimate of drug-likeness (QED) is 0.864. The van der Waals surface area contributed by atoms with Crippen LogP contribution in [-0.4, -0.2) is 53.5 Å². The van der Waals surface area contributed by atoms with Crippen LogP contribution in [0.1, 0.15) is 19.0 Å². The zero-order valence-electron chi connectivity index (χ0n) is 11.4. The molecule has 1 aromatic heterocycles. The third-order valence-corrected chi connectivity index (χ3v) is 3.95. The molecular formula is C14H24N4. The molecule has 2 rings (SSSR count). The van der Waals surface area contributed by atoms with Gasteiger partial charge in [-0.3, -0.25) is 9.88 Å². The number of likely N-dealkylation sites (N-methyl/N-ethyl adjacent to an activating group) is 1. The van der Waals surface area contributed by atoms with Crippen molar-refractivity contribution in [1.82, 2.24) is 14.8 Å². The topological polar surface area (TPSA) is 45.4 Å². The van der Waals surface area contributed by atoms with Gasteiger partial charge in [0.15, 0.2) is 0 Å². The van der Waals surface area contributed by atoms with Crippen LogP contribution in [0, 0.1) is 0 Å². The highest BCUT2D eigenvalue weighted by atomic mass is 15.3. The van der Waals surface area contributed by atoms with Gasteiger partial charge in [0.2, 0.25) is 0 Å². The maximum absolute atomic E-state index is 5.88. The van der Waals surface area contributed by atoms with Gasteiger partial charge in [-0.2, -0.15) is 0 Å². The van der Waals surface area contributed by atoms with Gasteiger partial charge in [-0.1, -0.05) is 6.07 Å². The maximum Gasteiger partial charge on any atom is 0.0544 e. The minimum atomic E-state index is 0.457. The largest absolute Gasteiger partial charge is 0.329 e. The summed E-state index contributed by atoms with van der Waals surface area (Å²) in [5, 5.41) is 0. The first kappa shape index (κ1) is 13.5. The van der Waals surface area contributed by atoms with Crippen LogP contribution in [0.2, 0.25) is 0 Å². The summed E-state index contributed by atoms with van der Waals surface area (Å²) in [4.78, 5) is 9.31. The Labute approximate surface area is 110 Å². The van der Waals surface area contributed by atoms with E-state index in [1.165, 1.54) is 6.42 Å². The van der Waals surface area contributed by atoms with E-state index in [0.29, 0.717) is 12.1 Å². The average Bonchev–Trinajstić information content (AvgIpc) is 2.53. The average molecular weight is 248 g/mol. The van der Waals surface area contributed by atoms with Crippen molar-refractivity contribution >= 4 is 0 Å². The molecule has 4 heteroatoms. The van der Waals surface area contributed by atoms with Crippen LogP contribution in [0.3, 0.4) is 0 Å². The minimum Gasteiger partial charge on any atom is -0.329 e. The number of aromatic nitrogens is 1.